The Balaban J connectivity index is 1.84. The van der Waals surface area contributed by atoms with Gasteiger partial charge in [0.05, 0.1) is 5.56 Å². The van der Waals surface area contributed by atoms with Crippen LogP contribution < -0.4 is 10.2 Å². The number of amides is 1. The minimum atomic E-state index is -0.135. The van der Waals surface area contributed by atoms with Crippen molar-refractivity contribution < 1.29 is 9.21 Å². The third-order valence-corrected chi connectivity index (χ3v) is 4.68. The molecule has 25 heavy (non-hydrogen) atoms. The van der Waals surface area contributed by atoms with E-state index in [-0.39, 0.29) is 11.9 Å². The van der Waals surface area contributed by atoms with Crippen LogP contribution in [-0.4, -0.2) is 43.8 Å². The van der Waals surface area contributed by atoms with E-state index in [2.05, 4.69) is 28.8 Å². The van der Waals surface area contributed by atoms with Gasteiger partial charge >= 0.3 is 0 Å². The molecule has 1 aliphatic rings. The maximum absolute atomic E-state index is 12.8. The number of allylic oxidation sites excluding steroid dienone is 1. The van der Waals surface area contributed by atoms with Crippen LogP contribution in [0.3, 0.4) is 0 Å². The first-order valence-electron chi connectivity index (χ1n) is 8.43. The van der Waals surface area contributed by atoms with Gasteiger partial charge in [0.15, 0.2) is 5.58 Å². The Labute approximate surface area is 147 Å². The molecule has 1 saturated carbocycles. The largest absolute Gasteiger partial charge is 0.423 e. The van der Waals surface area contributed by atoms with E-state index in [9.17, 15) is 4.79 Å². The van der Waals surface area contributed by atoms with Crippen molar-refractivity contribution >= 4 is 28.7 Å². The number of hydrogen-bond acceptors (Lipinski definition) is 5. The Morgan fingerprint density at radius 3 is 2.88 bits per heavy atom. The molecular formula is C19H24N4O2. The van der Waals surface area contributed by atoms with E-state index in [0.717, 1.165) is 17.7 Å². The first-order chi connectivity index (χ1) is 11.9. The van der Waals surface area contributed by atoms with Gasteiger partial charge in [0, 0.05) is 39.3 Å². The van der Waals surface area contributed by atoms with Crippen molar-refractivity contribution in [3.05, 3.63) is 35.9 Å². The van der Waals surface area contributed by atoms with Gasteiger partial charge in [0.1, 0.15) is 5.52 Å². The van der Waals surface area contributed by atoms with Gasteiger partial charge in [-0.15, -0.1) is 0 Å². The van der Waals surface area contributed by atoms with Crippen LogP contribution in [0.5, 0.6) is 0 Å². The number of aliphatic imine (C=N–C) groups is 1. The van der Waals surface area contributed by atoms with Gasteiger partial charge in [-0.3, -0.25) is 9.79 Å². The van der Waals surface area contributed by atoms with Gasteiger partial charge in [-0.25, -0.2) is 0 Å². The third-order valence-electron chi connectivity index (χ3n) is 4.68. The summed E-state index contributed by atoms with van der Waals surface area (Å²) in [4.78, 5) is 23.4. The van der Waals surface area contributed by atoms with Crippen molar-refractivity contribution in [3.8, 4) is 0 Å². The summed E-state index contributed by atoms with van der Waals surface area (Å²) in [5.74, 6) is 0.172. The van der Waals surface area contributed by atoms with Gasteiger partial charge in [-0.1, -0.05) is 19.6 Å². The molecule has 0 bridgehead atoms. The highest BCUT2D eigenvalue weighted by molar-refractivity contribution is 6.06. The summed E-state index contributed by atoms with van der Waals surface area (Å²) in [7, 11) is 5.48. The van der Waals surface area contributed by atoms with Crippen LogP contribution in [0.4, 0.5) is 6.01 Å². The summed E-state index contributed by atoms with van der Waals surface area (Å²) >= 11 is 0. The van der Waals surface area contributed by atoms with E-state index in [4.69, 9.17) is 4.42 Å². The average molecular weight is 340 g/mol. The molecule has 1 amide bonds. The molecule has 1 aliphatic carbocycles. The third kappa shape index (κ3) is 3.29. The summed E-state index contributed by atoms with van der Waals surface area (Å²) in [6, 6.07) is 5.94. The minimum absolute atomic E-state index is 0.0437. The fraction of sp³-hybridized carbons (Fsp3) is 0.421. The van der Waals surface area contributed by atoms with E-state index in [1.54, 1.807) is 18.0 Å². The van der Waals surface area contributed by atoms with Crippen molar-refractivity contribution in [2.75, 3.05) is 26.0 Å². The number of anilines is 1. The molecule has 6 heteroatoms. The second-order valence-corrected chi connectivity index (χ2v) is 6.75. The topological polar surface area (TPSA) is 70.7 Å². The van der Waals surface area contributed by atoms with Crippen LogP contribution in [0.15, 0.2) is 39.8 Å². The first kappa shape index (κ1) is 17.2. The number of nitrogens with one attached hydrogen (secondary N) is 1. The minimum Gasteiger partial charge on any atom is -0.423 e. The quantitative estimate of drug-likeness (QED) is 0.932. The fourth-order valence-electron chi connectivity index (χ4n) is 3.22. The molecule has 2 unspecified atom stereocenters. The summed E-state index contributed by atoms with van der Waals surface area (Å²) in [6.45, 7) is 6.23. The van der Waals surface area contributed by atoms with Gasteiger partial charge in [0.2, 0.25) is 0 Å². The Hall–Kier alpha value is -2.63. The highest BCUT2D eigenvalue weighted by Crippen LogP contribution is 2.27. The number of rotatable bonds is 3. The van der Waals surface area contributed by atoms with Gasteiger partial charge < -0.3 is 14.6 Å². The molecule has 1 aromatic heterocycles. The number of para-hydroxylation sites is 1. The number of hydrogen-bond donors (Lipinski definition) is 1. The zero-order chi connectivity index (χ0) is 18.1. The van der Waals surface area contributed by atoms with Crippen molar-refractivity contribution in [1.82, 2.24) is 10.3 Å². The lowest BCUT2D eigenvalue weighted by Crippen LogP contribution is -2.41. The lowest BCUT2D eigenvalue weighted by molar-refractivity contribution is 0.0934. The normalized spacial score (nSPS) is 22.4. The van der Waals surface area contributed by atoms with Crippen molar-refractivity contribution in [2.24, 2.45) is 10.9 Å². The standard InChI is InChI=1S/C19H24N4O2/c1-11-9-13(10-15(20-3)12(11)2)21-18(24)14-7-6-8-16-17(14)22-19(25-16)23(4)5/h6-8,11,13H,2,9-10H2,1,3-5H3,(H,21,24). The van der Waals surface area contributed by atoms with E-state index in [1.807, 2.05) is 26.2 Å². The van der Waals surface area contributed by atoms with E-state index in [1.165, 1.54) is 0 Å². The molecular weight excluding hydrogens is 316 g/mol. The predicted octanol–water partition coefficient (Wildman–Crippen LogP) is 3.05. The van der Waals surface area contributed by atoms with Crippen LogP contribution >= 0.6 is 0 Å². The van der Waals surface area contributed by atoms with Crippen LogP contribution in [0.1, 0.15) is 30.1 Å². The molecule has 1 aromatic carbocycles. The molecule has 1 N–H and O–H groups in total. The second kappa shape index (κ2) is 6.70. The molecule has 1 heterocycles. The SMILES string of the molecule is C=C1C(=NC)CC(NC(=O)c2cccc3oc(N(C)C)nc23)CC1C. The van der Waals surface area contributed by atoms with Crippen molar-refractivity contribution in [3.63, 3.8) is 0 Å². The Morgan fingerprint density at radius 2 is 2.20 bits per heavy atom. The molecule has 2 atom stereocenters. The zero-order valence-corrected chi connectivity index (χ0v) is 15.2. The summed E-state index contributed by atoms with van der Waals surface area (Å²) < 4.78 is 5.68. The number of benzene rings is 1. The number of aromatic nitrogens is 1. The summed E-state index contributed by atoms with van der Waals surface area (Å²) in [6.07, 6.45) is 1.57. The lowest BCUT2D eigenvalue weighted by atomic mass is 9.82. The van der Waals surface area contributed by atoms with Crippen molar-refractivity contribution in [2.45, 2.75) is 25.8 Å². The number of oxazole rings is 1. The van der Waals surface area contributed by atoms with Crippen LogP contribution in [0.25, 0.3) is 11.1 Å². The number of carbonyl (C=O) groups excluding carboxylic acids is 1. The number of carbonyl (C=O) groups is 1. The zero-order valence-electron chi connectivity index (χ0n) is 15.2. The Kier molecular flexibility index (Phi) is 4.61. The molecule has 132 valence electrons. The van der Waals surface area contributed by atoms with Crippen molar-refractivity contribution in [1.29, 1.82) is 0 Å². The molecule has 0 spiro atoms. The van der Waals surface area contributed by atoms with Gasteiger partial charge in [0.25, 0.3) is 11.9 Å². The molecule has 0 saturated heterocycles. The average Bonchev–Trinajstić information content (AvgIpc) is 3.02. The smallest absolute Gasteiger partial charge is 0.297 e. The highest BCUT2D eigenvalue weighted by Gasteiger charge is 2.28. The van der Waals surface area contributed by atoms with E-state index in [0.29, 0.717) is 35.0 Å². The van der Waals surface area contributed by atoms with Crippen LogP contribution in [0, 0.1) is 5.92 Å². The summed E-state index contributed by atoms with van der Waals surface area (Å²) in [5.41, 5.74) is 3.78. The molecule has 3 rings (SSSR count). The van der Waals surface area contributed by atoms with E-state index < -0.39 is 0 Å². The number of fused-ring (bicyclic) bond motifs is 1. The van der Waals surface area contributed by atoms with Crippen LogP contribution in [0.2, 0.25) is 0 Å². The lowest BCUT2D eigenvalue weighted by Gasteiger charge is -2.30. The molecule has 2 aromatic rings. The monoisotopic (exact) mass is 340 g/mol. The Bertz CT molecular complexity index is 850. The molecule has 0 aliphatic heterocycles. The maximum atomic E-state index is 12.8. The highest BCUT2D eigenvalue weighted by atomic mass is 16.4. The first-order valence-corrected chi connectivity index (χ1v) is 8.43. The van der Waals surface area contributed by atoms with Gasteiger partial charge in [-0.05, 0) is 30.0 Å². The molecule has 6 nitrogen and oxygen atoms in total. The summed E-state index contributed by atoms with van der Waals surface area (Å²) in [5, 5.41) is 3.12. The maximum Gasteiger partial charge on any atom is 0.297 e. The van der Waals surface area contributed by atoms with Crippen LogP contribution in [-0.2, 0) is 0 Å². The second-order valence-electron chi connectivity index (χ2n) is 6.75. The number of nitrogens with zero attached hydrogens (tertiary/aromatic N) is 3. The van der Waals surface area contributed by atoms with E-state index >= 15 is 0 Å². The predicted molar refractivity (Wildman–Crippen MR) is 100 cm³/mol. The molecule has 0 radical (unpaired) electrons. The molecule has 1 fully saturated rings. The van der Waals surface area contributed by atoms with Gasteiger partial charge in [-0.2, -0.15) is 4.98 Å². The Morgan fingerprint density at radius 1 is 1.44 bits per heavy atom. The fourth-order valence-corrected chi connectivity index (χ4v) is 3.22.